The highest BCUT2D eigenvalue weighted by Gasteiger charge is 2.02. The minimum atomic E-state index is 0.387. The topological polar surface area (TPSA) is 38.9 Å². The zero-order chi connectivity index (χ0) is 7.84. The quantitative estimate of drug-likeness (QED) is 0.605. The summed E-state index contributed by atoms with van der Waals surface area (Å²) < 4.78 is 5.19. The molecular formula is C7H5ClN2O. The van der Waals surface area contributed by atoms with Crippen LogP contribution in [0.1, 0.15) is 5.76 Å². The third-order valence-corrected chi connectivity index (χ3v) is 1.51. The normalized spacial score (nSPS) is 10.7. The van der Waals surface area contributed by atoms with Crippen LogP contribution in [0.25, 0.3) is 11.2 Å². The fourth-order valence-corrected chi connectivity index (χ4v) is 1.06. The Morgan fingerprint density at radius 2 is 2.36 bits per heavy atom. The van der Waals surface area contributed by atoms with Crippen molar-refractivity contribution in [1.29, 1.82) is 0 Å². The van der Waals surface area contributed by atoms with Crippen LogP contribution in [0.5, 0.6) is 0 Å². The number of aromatic nitrogens is 2. The lowest BCUT2D eigenvalue weighted by molar-refractivity contribution is 0.567. The van der Waals surface area contributed by atoms with Crippen LogP contribution in [-0.4, -0.2) is 9.97 Å². The first-order chi connectivity index (χ1) is 5.25. The van der Waals surface area contributed by atoms with Gasteiger partial charge in [-0.2, -0.15) is 0 Å². The number of furan rings is 1. The minimum absolute atomic E-state index is 0.387. The predicted molar refractivity (Wildman–Crippen MR) is 41.6 cm³/mol. The van der Waals surface area contributed by atoms with E-state index in [1.807, 2.05) is 6.92 Å². The molecule has 0 unspecified atom stereocenters. The number of hydrogen-bond acceptors (Lipinski definition) is 3. The lowest BCUT2D eigenvalue weighted by Crippen LogP contribution is -1.77. The van der Waals surface area contributed by atoms with E-state index in [2.05, 4.69) is 9.97 Å². The average Bonchev–Trinajstić information content (AvgIpc) is 2.27. The Balaban J connectivity index is 2.82. The molecule has 0 aromatic carbocycles. The summed E-state index contributed by atoms with van der Waals surface area (Å²) >= 11 is 5.61. The van der Waals surface area contributed by atoms with Gasteiger partial charge in [-0.05, 0) is 6.92 Å². The van der Waals surface area contributed by atoms with E-state index in [1.54, 1.807) is 6.07 Å². The summed E-state index contributed by atoms with van der Waals surface area (Å²) in [6.45, 7) is 1.84. The highest BCUT2D eigenvalue weighted by atomic mass is 35.5. The molecule has 0 aliphatic carbocycles. The summed E-state index contributed by atoms with van der Waals surface area (Å²) in [5.41, 5.74) is 1.24. The van der Waals surface area contributed by atoms with Crippen molar-refractivity contribution in [2.24, 2.45) is 0 Å². The Morgan fingerprint density at radius 1 is 1.55 bits per heavy atom. The van der Waals surface area contributed by atoms with Crippen molar-refractivity contribution in [3.8, 4) is 0 Å². The zero-order valence-corrected chi connectivity index (χ0v) is 6.59. The van der Waals surface area contributed by atoms with Crippen LogP contribution < -0.4 is 0 Å². The van der Waals surface area contributed by atoms with Gasteiger partial charge in [-0.3, -0.25) is 0 Å². The van der Waals surface area contributed by atoms with Crippen LogP contribution in [0.4, 0.5) is 0 Å². The minimum Gasteiger partial charge on any atom is -0.442 e. The molecule has 0 fully saturated rings. The van der Waals surface area contributed by atoms with E-state index in [9.17, 15) is 0 Å². The number of halogens is 1. The molecule has 0 saturated carbocycles. The first-order valence-corrected chi connectivity index (χ1v) is 3.52. The lowest BCUT2D eigenvalue weighted by Gasteiger charge is -1.85. The van der Waals surface area contributed by atoms with Crippen LogP contribution in [0.15, 0.2) is 16.7 Å². The highest BCUT2D eigenvalue weighted by molar-refractivity contribution is 6.29. The summed E-state index contributed by atoms with van der Waals surface area (Å²) in [5, 5.41) is 0.387. The number of rotatable bonds is 0. The lowest BCUT2D eigenvalue weighted by atomic mass is 10.4. The zero-order valence-electron chi connectivity index (χ0n) is 5.84. The molecule has 0 atom stereocenters. The number of fused-ring (bicyclic) bond motifs is 1. The van der Waals surface area contributed by atoms with E-state index in [4.69, 9.17) is 16.0 Å². The molecule has 56 valence electrons. The van der Waals surface area contributed by atoms with Gasteiger partial charge < -0.3 is 4.42 Å². The standard InChI is InChI=1S/C7H5ClN2O/c1-4-2-5-7(11-4)9-3-6(8)10-5/h2-3H,1H3. The smallest absolute Gasteiger partial charge is 0.245 e. The fourth-order valence-electron chi connectivity index (χ4n) is 0.917. The number of hydrogen-bond donors (Lipinski definition) is 0. The molecule has 2 rings (SSSR count). The summed E-state index contributed by atoms with van der Waals surface area (Å²) in [7, 11) is 0. The van der Waals surface area contributed by atoms with Gasteiger partial charge in [0.25, 0.3) is 0 Å². The van der Waals surface area contributed by atoms with Gasteiger partial charge in [-0.25, -0.2) is 9.97 Å². The van der Waals surface area contributed by atoms with Crippen molar-refractivity contribution in [1.82, 2.24) is 9.97 Å². The molecular weight excluding hydrogens is 164 g/mol. The molecule has 0 N–H and O–H groups in total. The van der Waals surface area contributed by atoms with Crippen molar-refractivity contribution in [2.75, 3.05) is 0 Å². The molecule has 0 radical (unpaired) electrons. The molecule has 0 aliphatic rings. The first-order valence-electron chi connectivity index (χ1n) is 3.14. The van der Waals surface area contributed by atoms with Gasteiger partial charge in [0.05, 0.1) is 6.20 Å². The van der Waals surface area contributed by atoms with Gasteiger partial charge in [0, 0.05) is 6.07 Å². The highest BCUT2D eigenvalue weighted by Crippen LogP contribution is 2.15. The van der Waals surface area contributed by atoms with Gasteiger partial charge in [0.15, 0.2) is 0 Å². The van der Waals surface area contributed by atoms with Crippen LogP contribution in [0.3, 0.4) is 0 Å². The molecule has 2 aromatic heterocycles. The molecule has 0 aliphatic heterocycles. The van der Waals surface area contributed by atoms with Crippen LogP contribution in [-0.2, 0) is 0 Å². The van der Waals surface area contributed by atoms with E-state index in [1.165, 1.54) is 6.20 Å². The second-order valence-electron chi connectivity index (χ2n) is 2.24. The maximum absolute atomic E-state index is 5.61. The maximum Gasteiger partial charge on any atom is 0.245 e. The largest absolute Gasteiger partial charge is 0.442 e. The third-order valence-electron chi connectivity index (χ3n) is 1.33. The third kappa shape index (κ3) is 1.07. The van der Waals surface area contributed by atoms with E-state index < -0.39 is 0 Å². The fraction of sp³-hybridized carbons (Fsp3) is 0.143. The molecule has 0 bridgehead atoms. The maximum atomic E-state index is 5.61. The first kappa shape index (κ1) is 6.61. The molecule has 3 nitrogen and oxygen atoms in total. The van der Waals surface area contributed by atoms with Crippen molar-refractivity contribution in [3.63, 3.8) is 0 Å². The summed E-state index contributed by atoms with van der Waals surface area (Å²) in [6.07, 6.45) is 1.47. The van der Waals surface area contributed by atoms with Gasteiger partial charge in [0.1, 0.15) is 16.4 Å². The van der Waals surface area contributed by atoms with E-state index in [-0.39, 0.29) is 0 Å². The molecule has 0 amide bonds. The summed E-state index contributed by atoms with van der Waals surface area (Å²) in [6, 6.07) is 1.80. The van der Waals surface area contributed by atoms with Crippen molar-refractivity contribution in [2.45, 2.75) is 6.92 Å². The second kappa shape index (κ2) is 2.20. The van der Waals surface area contributed by atoms with Crippen LogP contribution in [0, 0.1) is 6.92 Å². The molecule has 0 spiro atoms. The molecule has 4 heteroatoms. The van der Waals surface area contributed by atoms with Crippen molar-refractivity contribution in [3.05, 3.63) is 23.2 Å². The van der Waals surface area contributed by atoms with E-state index >= 15 is 0 Å². The van der Waals surface area contributed by atoms with E-state index in [0.717, 1.165) is 5.76 Å². The van der Waals surface area contributed by atoms with Gasteiger partial charge in [-0.15, -0.1) is 0 Å². The van der Waals surface area contributed by atoms with Gasteiger partial charge in [-0.1, -0.05) is 11.6 Å². The number of nitrogens with zero attached hydrogens (tertiary/aromatic N) is 2. The van der Waals surface area contributed by atoms with E-state index in [0.29, 0.717) is 16.4 Å². The Kier molecular flexibility index (Phi) is 1.32. The Hall–Kier alpha value is -1.09. The Bertz CT molecular complexity index is 396. The molecule has 2 aromatic rings. The Morgan fingerprint density at radius 3 is 3.18 bits per heavy atom. The summed E-state index contributed by atoms with van der Waals surface area (Å²) in [5.74, 6) is 0.794. The van der Waals surface area contributed by atoms with Crippen LogP contribution in [0.2, 0.25) is 5.15 Å². The van der Waals surface area contributed by atoms with Crippen LogP contribution >= 0.6 is 11.6 Å². The molecule has 0 saturated heterocycles. The SMILES string of the molecule is Cc1cc2nc(Cl)cnc2o1. The number of aryl methyl sites for hydroxylation is 1. The molecule has 11 heavy (non-hydrogen) atoms. The van der Waals surface area contributed by atoms with Gasteiger partial charge >= 0.3 is 0 Å². The Labute approximate surface area is 68.0 Å². The van der Waals surface area contributed by atoms with Gasteiger partial charge in [0.2, 0.25) is 5.71 Å². The summed E-state index contributed by atoms with van der Waals surface area (Å²) in [4.78, 5) is 7.95. The van der Waals surface area contributed by atoms with Crippen molar-refractivity contribution >= 4 is 22.8 Å². The van der Waals surface area contributed by atoms with Crippen molar-refractivity contribution < 1.29 is 4.42 Å². The average molecular weight is 169 g/mol. The monoisotopic (exact) mass is 168 g/mol. The predicted octanol–water partition coefficient (Wildman–Crippen LogP) is 2.18. The molecule has 2 heterocycles. The second-order valence-corrected chi connectivity index (χ2v) is 2.63.